The molecule has 0 aromatic heterocycles. The van der Waals surface area contributed by atoms with E-state index in [0.717, 1.165) is 10.0 Å². The van der Waals surface area contributed by atoms with Crippen LogP contribution in [0.4, 0.5) is 0 Å². The van der Waals surface area contributed by atoms with Crippen LogP contribution in [0.15, 0.2) is 40.4 Å². The van der Waals surface area contributed by atoms with E-state index in [4.69, 9.17) is 0 Å². The fourth-order valence-electron chi connectivity index (χ4n) is 0.917. The lowest BCUT2D eigenvalue weighted by atomic mass is 10.1. The fourth-order valence-corrected chi connectivity index (χ4v) is 1.39. The van der Waals surface area contributed by atoms with E-state index in [0.29, 0.717) is 0 Å². The molecule has 0 radical (unpaired) electrons. The second-order valence-electron chi connectivity index (χ2n) is 2.46. The smallest absolute Gasteiger partial charge is 0.0342 e. The Morgan fingerprint density at radius 1 is 1.31 bits per heavy atom. The number of hydrogen-bond acceptors (Lipinski definition) is 2. The predicted molar refractivity (Wildman–Crippen MR) is 78.1 cm³/mol. The molecule has 0 heterocycles. The Kier molecular flexibility index (Phi) is 13.3. The van der Waals surface area contributed by atoms with Crippen molar-refractivity contribution in [3.05, 3.63) is 46.6 Å². The zero-order valence-electron chi connectivity index (χ0n) is 10.5. The Balaban J connectivity index is 0. The van der Waals surface area contributed by atoms with Crippen molar-refractivity contribution in [1.82, 2.24) is 0 Å². The van der Waals surface area contributed by atoms with Crippen LogP contribution in [0, 0.1) is 6.92 Å². The predicted octanol–water partition coefficient (Wildman–Crippen LogP) is 3.92. The second-order valence-corrected chi connectivity index (χ2v) is 3.38. The fraction of sp³-hybridized carbons (Fsp3) is 0.308. The third-order valence-corrected chi connectivity index (χ3v) is 2.04. The first kappa shape index (κ1) is 17.5. The third-order valence-electron chi connectivity index (χ3n) is 1.55. The summed E-state index contributed by atoms with van der Waals surface area (Å²) >= 11 is 3.40. The molecule has 0 atom stereocenters. The van der Waals surface area contributed by atoms with Crippen molar-refractivity contribution in [2.75, 3.05) is 7.05 Å². The monoisotopic (exact) mass is 284 g/mol. The van der Waals surface area contributed by atoms with Gasteiger partial charge in [0.2, 0.25) is 0 Å². The molecule has 2 nitrogen and oxygen atoms in total. The average Bonchev–Trinajstić information content (AvgIpc) is 2.33. The van der Waals surface area contributed by atoms with Gasteiger partial charge in [-0.25, -0.2) is 0 Å². The van der Waals surface area contributed by atoms with E-state index in [2.05, 4.69) is 46.2 Å². The molecule has 2 N–H and O–H groups in total. The van der Waals surface area contributed by atoms with Gasteiger partial charge in [0.05, 0.1) is 0 Å². The number of rotatable bonds is 2. The zero-order chi connectivity index (χ0) is 13.0. The summed E-state index contributed by atoms with van der Waals surface area (Å²) in [6.07, 6.45) is 3.33. The molecule has 0 aliphatic carbocycles. The van der Waals surface area contributed by atoms with Crippen LogP contribution in [0.5, 0.6) is 0 Å². The normalized spacial score (nSPS) is 8.62. The Morgan fingerprint density at radius 2 is 1.88 bits per heavy atom. The van der Waals surface area contributed by atoms with Crippen molar-refractivity contribution in [3.8, 4) is 0 Å². The van der Waals surface area contributed by atoms with E-state index in [9.17, 15) is 0 Å². The lowest BCUT2D eigenvalue weighted by Crippen LogP contribution is -1.85. The Labute approximate surface area is 107 Å². The van der Waals surface area contributed by atoms with Gasteiger partial charge in [-0.05, 0) is 37.2 Å². The molecule has 0 saturated heterocycles. The second kappa shape index (κ2) is 12.1. The van der Waals surface area contributed by atoms with E-state index >= 15 is 0 Å². The van der Waals surface area contributed by atoms with Crippen molar-refractivity contribution in [2.45, 2.75) is 20.8 Å². The minimum atomic E-state index is 1.09. The molecule has 0 saturated carbocycles. The lowest BCUT2D eigenvalue weighted by molar-refractivity contribution is 1.42. The molecule has 0 fully saturated rings. The summed E-state index contributed by atoms with van der Waals surface area (Å²) in [5.41, 5.74) is 6.83. The molecule has 0 spiro atoms. The number of hydrogen-bond donors (Lipinski definition) is 1. The van der Waals surface area contributed by atoms with Crippen LogP contribution in [0.3, 0.4) is 0 Å². The van der Waals surface area contributed by atoms with E-state index in [1.165, 1.54) is 18.8 Å². The van der Waals surface area contributed by atoms with Crippen LogP contribution < -0.4 is 5.73 Å². The highest BCUT2D eigenvalue weighted by molar-refractivity contribution is 9.10. The van der Waals surface area contributed by atoms with Crippen molar-refractivity contribution in [3.63, 3.8) is 0 Å². The number of nitrogens with two attached hydrogens (primary N) is 1. The van der Waals surface area contributed by atoms with E-state index < -0.39 is 0 Å². The first-order valence-electron chi connectivity index (χ1n) is 5.22. The molecule has 16 heavy (non-hydrogen) atoms. The molecule has 90 valence electrons. The quantitative estimate of drug-likeness (QED) is 0.822. The van der Waals surface area contributed by atoms with Gasteiger partial charge in [-0.15, -0.1) is 0 Å². The van der Waals surface area contributed by atoms with Gasteiger partial charge >= 0.3 is 0 Å². The highest BCUT2D eigenvalue weighted by Gasteiger charge is 1.94. The maximum Gasteiger partial charge on any atom is 0.0342 e. The standard InChI is InChI=1S/C10H10BrN.C2H6.CH5N/c1-3-12-7-9-4-5-10(11)6-8(9)2;2*1-2/h3-7H,1H2,2H3;1-2H3;2H2,1H3. The topological polar surface area (TPSA) is 38.4 Å². The number of aryl methyl sites for hydroxylation is 1. The summed E-state index contributed by atoms with van der Waals surface area (Å²) in [5.74, 6) is 0. The van der Waals surface area contributed by atoms with Crippen molar-refractivity contribution < 1.29 is 0 Å². The summed E-state index contributed by atoms with van der Waals surface area (Å²) < 4.78 is 1.09. The highest BCUT2D eigenvalue weighted by Crippen LogP contribution is 2.14. The van der Waals surface area contributed by atoms with E-state index in [1.54, 1.807) is 6.21 Å². The molecule has 0 aliphatic heterocycles. The van der Waals surface area contributed by atoms with Gasteiger partial charge in [0.25, 0.3) is 0 Å². The molecular weight excluding hydrogens is 264 g/mol. The van der Waals surface area contributed by atoms with Crippen molar-refractivity contribution >= 4 is 22.1 Å². The molecular formula is C13H21BrN2. The Bertz CT molecular complexity index is 320. The van der Waals surface area contributed by atoms with Gasteiger partial charge in [-0.2, -0.15) is 0 Å². The molecule has 0 unspecified atom stereocenters. The van der Waals surface area contributed by atoms with Crippen LogP contribution >= 0.6 is 15.9 Å². The van der Waals surface area contributed by atoms with Gasteiger partial charge < -0.3 is 5.73 Å². The highest BCUT2D eigenvalue weighted by atomic mass is 79.9. The Morgan fingerprint density at radius 3 is 2.31 bits per heavy atom. The number of aliphatic imine (C=N–C) groups is 1. The van der Waals surface area contributed by atoms with Crippen LogP contribution in [0.2, 0.25) is 0 Å². The molecule has 0 amide bonds. The van der Waals surface area contributed by atoms with Crippen LogP contribution in [0.25, 0.3) is 0 Å². The summed E-state index contributed by atoms with van der Waals surface area (Å²) in [6, 6.07) is 6.08. The number of halogens is 1. The molecule has 3 heteroatoms. The summed E-state index contributed by atoms with van der Waals surface area (Å²) in [6.45, 7) is 9.57. The molecule has 0 bridgehead atoms. The van der Waals surface area contributed by atoms with E-state index in [1.807, 2.05) is 26.0 Å². The molecule has 1 rings (SSSR count). The van der Waals surface area contributed by atoms with Gasteiger partial charge in [-0.1, -0.05) is 42.4 Å². The van der Waals surface area contributed by atoms with Gasteiger partial charge in [0.15, 0.2) is 0 Å². The average molecular weight is 285 g/mol. The molecule has 1 aromatic carbocycles. The van der Waals surface area contributed by atoms with Gasteiger partial charge in [0, 0.05) is 16.9 Å². The first-order valence-corrected chi connectivity index (χ1v) is 6.01. The van der Waals surface area contributed by atoms with Crippen LogP contribution in [-0.2, 0) is 0 Å². The van der Waals surface area contributed by atoms with Crippen LogP contribution in [0.1, 0.15) is 25.0 Å². The SMILES string of the molecule is C=CN=Cc1ccc(Br)cc1C.CC.CN. The zero-order valence-corrected chi connectivity index (χ0v) is 12.1. The molecule has 0 aliphatic rings. The summed E-state index contributed by atoms with van der Waals surface area (Å²) in [4.78, 5) is 3.96. The van der Waals surface area contributed by atoms with Crippen molar-refractivity contribution in [2.24, 2.45) is 10.7 Å². The van der Waals surface area contributed by atoms with Crippen molar-refractivity contribution in [1.29, 1.82) is 0 Å². The van der Waals surface area contributed by atoms with Gasteiger partial charge in [0.1, 0.15) is 0 Å². The van der Waals surface area contributed by atoms with E-state index in [-0.39, 0.29) is 0 Å². The largest absolute Gasteiger partial charge is 0.333 e. The summed E-state index contributed by atoms with van der Waals surface area (Å²) in [5, 5.41) is 0. The molecule has 1 aromatic rings. The minimum Gasteiger partial charge on any atom is -0.333 e. The summed E-state index contributed by atoms with van der Waals surface area (Å²) in [7, 11) is 1.50. The first-order chi connectivity index (χ1) is 7.74. The van der Waals surface area contributed by atoms with Crippen LogP contribution in [-0.4, -0.2) is 13.3 Å². The third kappa shape index (κ3) is 7.37. The minimum absolute atomic E-state index is 1.09. The number of nitrogens with zero attached hydrogens (tertiary/aromatic N) is 1. The maximum absolute atomic E-state index is 4.50. The number of benzene rings is 1. The maximum atomic E-state index is 4.50. The lowest BCUT2D eigenvalue weighted by Gasteiger charge is -1.98. The van der Waals surface area contributed by atoms with Gasteiger partial charge in [-0.3, -0.25) is 4.99 Å². The Hall–Kier alpha value is -0.930.